The molecule has 25 heavy (non-hydrogen) atoms. The Balaban J connectivity index is 1.55. The molecule has 0 saturated heterocycles. The number of hydrogen-bond acceptors (Lipinski definition) is 2. The smallest absolute Gasteiger partial charge is 0.178 e. The maximum Gasteiger partial charge on any atom is 0.178 e. The fourth-order valence-electron chi connectivity index (χ4n) is 7.28. The van der Waals surface area contributed by atoms with E-state index in [-0.39, 0.29) is 11.2 Å². The highest BCUT2D eigenvalue weighted by Crippen LogP contribution is 2.66. The summed E-state index contributed by atoms with van der Waals surface area (Å²) in [5.41, 5.74) is 2.05. The standard InChI is InChI=1S/C23H34O2/c1-22-13-11-21-19(20(22)9-7-16(22)5-3-4-14-24)8-6-17-15-18(25)10-12-23(17,21)2/h10,12,15-16,19-21,24H,3-9,11,13-14H2,1-2H3. The summed E-state index contributed by atoms with van der Waals surface area (Å²) in [7, 11) is 0. The molecular weight excluding hydrogens is 308 g/mol. The summed E-state index contributed by atoms with van der Waals surface area (Å²) in [4.78, 5) is 11.8. The molecule has 4 aliphatic carbocycles. The minimum atomic E-state index is 0.132. The predicted molar refractivity (Wildman–Crippen MR) is 101 cm³/mol. The average Bonchev–Trinajstić information content (AvgIpc) is 2.92. The summed E-state index contributed by atoms with van der Waals surface area (Å²) >= 11 is 0. The van der Waals surface area contributed by atoms with Crippen molar-refractivity contribution in [3.05, 3.63) is 23.8 Å². The zero-order valence-electron chi connectivity index (χ0n) is 16.0. The van der Waals surface area contributed by atoms with Crippen molar-refractivity contribution in [2.45, 2.75) is 71.6 Å². The molecule has 0 bridgehead atoms. The predicted octanol–water partition coefficient (Wildman–Crippen LogP) is 5.07. The highest BCUT2D eigenvalue weighted by Gasteiger charge is 2.58. The van der Waals surface area contributed by atoms with Crippen LogP contribution in [0, 0.1) is 34.5 Å². The van der Waals surface area contributed by atoms with Crippen LogP contribution in [0.3, 0.4) is 0 Å². The van der Waals surface area contributed by atoms with Crippen LogP contribution < -0.4 is 0 Å². The number of carbonyl (C=O) groups is 1. The minimum Gasteiger partial charge on any atom is -0.396 e. The SMILES string of the molecule is CC12C=CC(=O)C=C1CCC1C2CCC2(C)C(CCCCO)CCC12. The molecule has 4 rings (SSSR count). The molecule has 0 heterocycles. The first-order valence-corrected chi connectivity index (χ1v) is 10.5. The quantitative estimate of drug-likeness (QED) is 0.724. The van der Waals surface area contributed by atoms with E-state index in [9.17, 15) is 4.79 Å². The Hall–Kier alpha value is -0.890. The number of ketones is 1. The lowest BCUT2D eigenvalue weighted by Gasteiger charge is -2.57. The number of rotatable bonds is 4. The third-order valence-electron chi connectivity index (χ3n) is 8.71. The van der Waals surface area contributed by atoms with Crippen molar-refractivity contribution in [2.75, 3.05) is 6.61 Å². The van der Waals surface area contributed by atoms with Crippen molar-refractivity contribution in [1.29, 1.82) is 0 Å². The van der Waals surface area contributed by atoms with Gasteiger partial charge in [-0.3, -0.25) is 4.79 Å². The fraction of sp³-hybridized carbons (Fsp3) is 0.783. The van der Waals surface area contributed by atoms with E-state index in [0.717, 1.165) is 36.5 Å². The van der Waals surface area contributed by atoms with E-state index in [0.29, 0.717) is 12.0 Å². The number of allylic oxidation sites excluding steroid dienone is 4. The first-order valence-electron chi connectivity index (χ1n) is 10.5. The van der Waals surface area contributed by atoms with E-state index >= 15 is 0 Å². The van der Waals surface area contributed by atoms with E-state index in [1.165, 1.54) is 50.5 Å². The van der Waals surface area contributed by atoms with Crippen LogP contribution in [-0.2, 0) is 4.79 Å². The number of carbonyl (C=O) groups excluding carboxylic acids is 1. The van der Waals surface area contributed by atoms with Gasteiger partial charge in [-0.25, -0.2) is 0 Å². The minimum absolute atomic E-state index is 0.132. The van der Waals surface area contributed by atoms with Gasteiger partial charge in [-0.15, -0.1) is 0 Å². The second kappa shape index (κ2) is 6.37. The number of fused-ring (bicyclic) bond motifs is 5. The van der Waals surface area contributed by atoms with E-state index in [1.807, 2.05) is 12.2 Å². The van der Waals surface area contributed by atoms with Crippen LogP contribution in [0.15, 0.2) is 23.8 Å². The van der Waals surface area contributed by atoms with Crippen LogP contribution in [0.25, 0.3) is 0 Å². The lowest BCUT2D eigenvalue weighted by Crippen LogP contribution is -2.49. The maximum absolute atomic E-state index is 11.8. The van der Waals surface area contributed by atoms with Gasteiger partial charge in [-0.05, 0) is 92.6 Å². The first-order chi connectivity index (χ1) is 12.0. The summed E-state index contributed by atoms with van der Waals surface area (Å²) in [5, 5.41) is 9.11. The second-order valence-corrected chi connectivity index (χ2v) is 9.64. The third kappa shape index (κ3) is 2.67. The van der Waals surface area contributed by atoms with Crippen molar-refractivity contribution in [1.82, 2.24) is 0 Å². The highest BCUT2D eigenvalue weighted by molar-refractivity contribution is 6.01. The van der Waals surface area contributed by atoms with Gasteiger partial charge in [0.25, 0.3) is 0 Å². The van der Waals surface area contributed by atoms with Crippen LogP contribution >= 0.6 is 0 Å². The highest BCUT2D eigenvalue weighted by atomic mass is 16.2. The molecule has 4 aliphatic rings. The zero-order valence-corrected chi connectivity index (χ0v) is 16.0. The molecule has 2 nitrogen and oxygen atoms in total. The van der Waals surface area contributed by atoms with Gasteiger partial charge >= 0.3 is 0 Å². The molecule has 6 unspecified atom stereocenters. The molecule has 1 N–H and O–H groups in total. The topological polar surface area (TPSA) is 37.3 Å². The number of aliphatic hydroxyl groups excluding tert-OH is 1. The molecule has 6 atom stereocenters. The van der Waals surface area contributed by atoms with Crippen molar-refractivity contribution in [2.24, 2.45) is 34.5 Å². The van der Waals surface area contributed by atoms with Gasteiger partial charge in [-0.1, -0.05) is 31.9 Å². The molecule has 0 radical (unpaired) electrons. The van der Waals surface area contributed by atoms with Crippen LogP contribution in [0.1, 0.15) is 71.6 Å². The van der Waals surface area contributed by atoms with E-state index < -0.39 is 0 Å². The van der Waals surface area contributed by atoms with E-state index in [2.05, 4.69) is 19.9 Å². The largest absolute Gasteiger partial charge is 0.396 e. The lowest BCUT2D eigenvalue weighted by atomic mass is 9.47. The van der Waals surface area contributed by atoms with Crippen LogP contribution in [0.4, 0.5) is 0 Å². The Morgan fingerprint density at radius 3 is 2.76 bits per heavy atom. The summed E-state index contributed by atoms with van der Waals surface area (Å²) in [5.74, 6) is 3.48. The number of unbranched alkanes of at least 4 members (excludes halogenated alkanes) is 1. The Morgan fingerprint density at radius 1 is 1.12 bits per heavy atom. The zero-order chi connectivity index (χ0) is 17.7. The molecular formula is C23H34O2. The van der Waals surface area contributed by atoms with Crippen LogP contribution in [0.2, 0.25) is 0 Å². The van der Waals surface area contributed by atoms with Crippen molar-refractivity contribution >= 4 is 5.78 Å². The Labute approximate surface area is 152 Å². The van der Waals surface area contributed by atoms with Crippen molar-refractivity contribution < 1.29 is 9.90 Å². The van der Waals surface area contributed by atoms with Gasteiger partial charge in [0.2, 0.25) is 0 Å². The lowest BCUT2D eigenvalue weighted by molar-refractivity contribution is -0.111. The molecule has 0 amide bonds. The van der Waals surface area contributed by atoms with E-state index in [4.69, 9.17) is 5.11 Å². The van der Waals surface area contributed by atoms with Gasteiger partial charge in [0.05, 0.1) is 0 Å². The maximum atomic E-state index is 11.8. The normalized spacial score (nSPS) is 45.6. The monoisotopic (exact) mass is 342 g/mol. The van der Waals surface area contributed by atoms with Gasteiger partial charge in [-0.2, -0.15) is 0 Å². The summed E-state index contributed by atoms with van der Waals surface area (Å²) < 4.78 is 0. The Kier molecular flexibility index (Phi) is 4.46. The molecule has 2 heteroatoms. The average molecular weight is 343 g/mol. The van der Waals surface area contributed by atoms with Gasteiger partial charge < -0.3 is 5.11 Å². The molecule has 3 saturated carbocycles. The second-order valence-electron chi connectivity index (χ2n) is 9.64. The van der Waals surface area contributed by atoms with Gasteiger partial charge in [0.15, 0.2) is 5.78 Å². The fourth-order valence-corrected chi connectivity index (χ4v) is 7.28. The molecule has 138 valence electrons. The summed E-state index contributed by atoms with van der Waals surface area (Å²) in [6.07, 6.45) is 17.4. The number of hydrogen-bond donors (Lipinski definition) is 1. The molecule has 0 aromatic rings. The van der Waals surface area contributed by atoms with Crippen LogP contribution in [0.5, 0.6) is 0 Å². The number of aliphatic hydroxyl groups is 1. The molecule has 0 spiro atoms. The molecule has 0 aliphatic heterocycles. The van der Waals surface area contributed by atoms with E-state index in [1.54, 1.807) is 0 Å². The molecule has 0 aromatic heterocycles. The summed E-state index contributed by atoms with van der Waals surface area (Å²) in [6.45, 7) is 5.32. The molecule has 0 aromatic carbocycles. The Morgan fingerprint density at radius 2 is 1.96 bits per heavy atom. The molecule has 3 fully saturated rings. The van der Waals surface area contributed by atoms with Crippen molar-refractivity contribution in [3.63, 3.8) is 0 Å². The van der Waals surface area contributed by atoms with Crippen molar-refractivity contribution in [3.8, 4) is 0 Å². The van der Waals surface area contributed by atoms with Gasteiger partial charge in [0.1, 0.15) is 0 Å². The van der Waals surface area contributed by atoms with Gasteiger partial charge in [0, 0.05) is 12.0 Å². The summed E-state index contributed by atoms with van der Waals surface area (Å²) in [6, 6.07) is 0. The van der Waals surface area contributed by atoms with Crippen LogP contribution in [-0.4, -0.2) is 17.5 Å². The third-order valence-corrected chi connectivity index (χ3v) is 8.71. The first kappa shape index (κ1) is 17.5. The Bertz CT molecular complexity index is 603.